The standard InChI is InChI=1S/2C8H13NOS.C8H8O3.3H2S/c2*1-9-5-4-7(10)8-3-2-6-11-8;9-7(8(10)11)6-4-2-1-3-5-6;;;/h2*2-3,6-7,9-10H,4-5H2,1H3;1-5,7,9H,(H,10,11);3*1H2/t3*7-;;;/m000.../s1/i2*1D3;;;;. The molecule has 1 aromatic carbocycles. The van der Waals surface area contributed by atoms with E-state index in [0.717, 1.165) is 9.75 Å². The van der Waals surface area contributed by atoms with Crippen molar-refractivity contribution in [2.45, 2.75) is 31.2 Å². The van der Waals surface area contributed by atoms with Crippen molar-refractivity contribution in [2.24, 2.45) is 0 Å². The number of nitrogens with one attached hydrogen (secondary N) is 1. The van der Waals surface area contributed by atoms with Gasteiger partial charge < -0.3 is 35.9 Å². The van der Waals surface area contributed by atoms with Crippen LogP contribution in [0.2, 0.25) is 0 Å². The minimum Gasteiger partial charge on any atom is -0.547 e. The summed E-state index contributed by atoms with van der Waals surface area (Å²) < 4.78 is 41.5. The summed E-state index contributed by atoms with van der Waals surface area (Å²) in [6.45, 7) is -3.41. The highest BCUT2D eigenvalue weighted by atomic mass is 32.1. The highest BCUT2D eigenvalue weighted by Gasteiger charge is 2.08. The van der Waals surface area contributed by atoms with Crippen LogP contribution in [-0.4, -0.2) is 48.3 Å². The quantitative estimate of drug-likeness (QED) is 0.240. The van der Waals surface area contributed by atoms with Crippen LogP contribution >= 0.6 is 63.2 Å². The molecule has 12 heteroatoms. The van der Waals surface area contributed by atoms with E-state index in [0.29, 0.717) is 24.9 Å². The Morgan fingerprint density at radius 1 is 0.944 bits per heavy atom. The van der Waals surface area contributed by atoms with Gasteiger partial charge in [-0.2, -0.15) is 40.5 Å². The Kier molecular flexibility index (Phi) is 18.9. The van der Waals surface area contributed by atoms with Crippen LogP contribution in [0.25, 0.3) is 0 Å². The van der Waals surface area contributed by atoms with Gasteiger partial charge in [-0.05, 0) is 48.4 Å². The molecular weight excluding hydrogens is 557 g/mol. The van der Waals surface area contributed by atoms with Crippen LogP contribution in [0.15, 0.2) is 65.4 Å². The topological polar surface area (TPSA) is 129 Å². The van der Waals surface area contributed by atoms with Crippen LogP contribution in [0, 0.1) is 0 Å². The summed E-state index contributed by atoms with van der Waals surface area (Å²) in [5.41, 5.74) is 0.340. The first-order valence-electron chi connectivity index (χ1n) is 13.2. The van der Waals surface area contributed by atoms with Crippen LogP contribution < -0.4 is 15.7 Å². The van der Waals surface area contributed by atoms with Gasteiger partial charge in [0.1, 0.15) is 6.10 Å². The summed E-state index contributed by atoms with van der Waals surface area (Å²) in [5, 5.41) is 45.7. The van der Waals surface area contributed by atoms with Crippen LogP contribution in [0.1, 0.15) is 54.7 Å². The molecule has 0 saturated heterocycles. The van der Waals surface area contributed by atoms with Gasteiger partial charge >= 0.3 is 0 Å². The first-order chi connectivity index (χ1) is 18.2. The third kappa shape index (κ3) is 16.6. The zero-order valence-corrected chi connectivity index (χ0v) is 24.1. The summed E-state index contributed by atoms with van der Waals surface area (Å²) >= 11 is 2.95. The smallest absolute Gasteiger partial charge is 0.118 e. The number of benzene rings is 1. The van der Waals surface area contributed by atoms with E-state index in [1.807, 2.05) is 35.0 Å². The fourth-order valence-electron chi connectivity index (χ4n) is 2.47. The Balaban J connectivity index is -0.000000528. The molecule has 36 heavy (non-hydrogen) atoms. The average molecular weight is 603 g/mol. The molecular formula is C24H40N2O5S5. The lowest BCUT2D eigenvalue weighted by molar-refractivity contribution is -0.628. The van der Waals surface area contributed by atoms with Crippen molar-refractivity contribution in [3.8, 4) is 0 Å². The van der Waals surface area contributed by atoms with Gasteiger partial charge in [-0.3, -0.25) is 0 Å². The number of aliphatic carboxylic acids is 1. The molecule has 6 N–H and O–H groups in total. The molecule has 206 valence electrons. The summed E-state index contributed by atoms with van der Waals surface area (Å²) in [6, 6.07) is 15.5. The van der Waals surface area contributed by atoms with Crippen LogP contribution in [-0.2, 0) is 4.79 Å². The summed E-state index contributed by atoms with van der Waals surface area (Å²) in [7, 11) is 0. The lowest BCUT2D eigenvalue weighted by atomic mass is 10.1. The van der Waals surface area contributed by atoms with Gasteiger partial charge in [0.25, 0.3) is 0 Å². The second kappa shape index (κ2) is 24.3. The molecule has 0 unspecified atom stereocenters. The maximum atomic E-state index is 10.1. The maximum absolute atomic E-state index is 10.1. The number of carboxylic acid groups (broad SMARTS) is 1. The molecule has 3 rings (SSSR count). The number of quaternary nitrogens is 1. The number of thiophene rings is 2. The summed E-state index contributed by atoms with van der Waals surface area (Å²) in [6.07, 6.45) is -1.73. The number of carbonyl (C=O) groups is 1. The molecule has 0 aliphatic carbocycles. The molecule has 0 fully saturated rings. The SMILES string of the molecule is O=C([O-])[C@@H](O)c1ccccc1.S.S.S.[2H]C([2H])([2H])NCC[C@H](O)c1cccs1.[2H]C([2H])([2H])[NH2+]CC[C@H](O)c1cccs1. The van der Waals surface area contributed by atoms with E-state index >= 15 is 0 Å². The molecule has 0 amide bonds. The summed E-state index contributed by atoms with van der Waals surface area (Å²) in [4.78, 5) is 11.9. The fraction of sp³-hybridized carbons (Fsp3) is 0.375. The van der Waals surface area contributed by atoms with Crippen molar-refractivity contribution in [1.82, 2.24) is 5.32 Å². The van der Waals surface area contributed by atoms with E-state index in [1.54, 1.807) is 18.2 Å². The zero-order valence-electron chi connectivity index (χ0n) is 25.5. The lowest BCUT2D eigenvalue weighted by Crippen LogP contribution is -2.79. The monoisotopic (exact) mass is 602 g/mol. The van der Waals surface area contributed by atoms with Gasteiger partial charge in [0, 0.05) is 20.3 Å². The number of nitrogens with two attached hydrogens (primary N) is 1. The molecule has 0 spiro atoms. The lowest BCUT2D eigenvalue weighted by Gasteiger charge is -2.10. The van der Waals surface area contributed by atoms with Gasteiger partial charge in [-0.1, -0.05) is 42.5 Å². The predicted octanol–water partition coefficient (Wildman–Crippen LogP) is 1.56. The second-order valence-corrected chi connectivity index (χ2v) is 8.65. The fourth-order valence-corrected chi connectivity index (χ4v) is 3.96. The summed E-state index contributed by atoms with van der Waals surface area (Å²) in [5.74, 6) is -1.48. The minimum atomic E-state index is -2.12. The van der Waals surface area contributed by atoms with E-state index in [1.165, 1.54) is 40.1 Å². The normalized spacial score (nSPS) is 15.1. The Hall–Kier alpha value is -1.06. The zero-order chi connectivity index (χ0) is 29.5. The van der Waals surface area contributed by atoms with Crippen LogP contribution in [0.4, 0.5) is 0 Å². The van der Waals surface area contributed by atoms with Crippen molar-refractivity contribution < 1.29 is 38.8 Å². The average Bonchev–Trinajstić information content (AvgIpc) is 3.58. The molecule has 0 bridgehead atoms. The Morgan fingerprint density at radius 2 is 1.50 bits per heavy atom. The van der Waals surface area contributed by atoms with Gasteiger partial charge in [0.2, 0.25) is 0 Å². The van der Waals surface area contributed by atoms with Gasteiger partial charge in [0.05, 0.1) is 35.8 Å². The molecule has 2 aromatic heterocycles. The van der Waals surface area contributed by atoms with E-state index in [-0.39, 0.29) is 47.0 Å². The number of aliphatic hydroxyl groups excluding tert-OH is 3. The number of hydrogen-bond donors (Lipinski definition) is 5. The van der Waals surface area contributed by atoms with Crippen molar-refractivity contribution >= 4 is 69.1 Å². The van der Waals surface area contributed by atoms with Gasteiger partial charge in [0.15, 0.2) is 0 Å². The molecule has 3 aromatic rings. The second-order valence-electron chi connectivity index (χ2n) is 6.69. The van der Waals surface area contributed by atoms with E-state index < -0.39 is 38.2 Å². The molecule has 0 saturated carbocycles. The largest absolute Gasteiger partial charge is 0.547 e. The molecule has 2 heterocycles. The number of rotatable bonds is 10. The minimum absolute atomic E-state index is 0. The third-order valence-corrected chi connectivity index (χ3v) is 6.16. The molecule has 0 aliphatic rings. The number of carboxylic acids is 1. The predicted molar refractivity (Wildman–Crippen MR) is 162 cm³/mol. The van der Waals surface area contributed by atoms with Crippen molar-refractivity contribution in [3.63, 3.8) is 0 Å². The first-order valence-corrected chi connectivity index (χ1v) is 11.9. The number of carbonyl (C=O) groups excluding carboxylic acids is 1. The molecule has 7 nitrogen and oxygen atoms in total. The van der Waals surface area contributed by atoms with E-state index in [9.17, 15) is 20.1 Å². The van der Waals surface area contributed by atoms with Crippen LogP contribution in [0.3, 0.4) is 0 Å². The van der Waals surface area contributed by atoms with Crippen molar-refractivity contribution in [2.75, 3.05) is 27.0 Å². The number of hydrogen-bond acceptors (Lipinski definition) is 8. The molecule has 0 aliphatic heterocycles. The van der Waals surface area contributed by atoms with Crippen molar-refractivity contribution in [3.05, 3.63) is 80.7 Å². The maximum Gasteiger partial charge on any atom is 0.118 e. The third-order valence-electron chi connectivity index (χ3n) is 4.21. The van der Waals surface area contributed by atoms with E-state index in [4.69, 9.17) is 13.3 Å². The Morgan fingerprint density at radius 3 is 1.94 bits per heavy atom. The van der Waals surface area contributed by atoms with Gasteiger partial charge in [-0.25, -0.2) is 0 Å². The highest BCUT2D eigenvalue weighted by molar-refractivity contribution is 7.59. The van der Waals surface area contributed by atoms with Crippen LogP contribution in [0.5, 0.6) is 0 Å². The highest BCUT2D eigenvalue weighted by Crippen LogP contribution is 2.21. The molecule has 0 radical (unpaired) electrons. The van der Waals surface area contributed by atoms with Gasteiger partial charge in [-0.15, -0.1) is 22.7 Å². The number of aliphatic hydroxyl groups is 3. The van der Waals surface area contributed by atoms with E-state index in [2.05, 4.69) is 5.32 Å². The Labute approximate surface area is 251 Å². The first kappa shape index (κ1) is 28.0. The Bertz CT molecular complexity index is 990. The van der Waals surface area contributed by atoms with Crippen molar-refractivity contribution in [1.29, 1.82) is 0 Å². The molecule has 3 atom stereocenters.